The van der Waals surface area contributed by atoms with Gasteiger partial charge < -0.3 is 9.30 Å². The summed E-state index contributed by atoms with van der Waals surface area (Å²) in [5.74, 6) is 0.989. The summed E-state index contributed by atoms with van der Waals surface area (Å²) < 4.78 is 7.74. The number of hydrogen-bond acceptors (Lipinski definition) is 3. The van der Waals surface area contributed by atoms with Crippen LogP contribution in [0.1, 0.15) is 16.8 Å². The molecule has 4 nitrogen and oxygen atoms in total. The Balaban J connectivity index is 1.46. The highest BCUT2D eigenvalue weighted by atomic mass is 16.5. The second-order valence-electron chi connectivity index (χ2n) is 8.90. The van der Waals surface area contributed by atoms with E-state index in [9.17, 15) is 0 Å². The monoisotopic (exact) mass is 461 g/mol. The summed E-state index contributed by atoms with van der Waals surface area (Å²) in [6.45, 7) is 3.93. The van der Waals surface area contributed by atoms with Crippen LogP contribution in [0.15, 0.2) is 109 Å². The lowest BCUT2D eigenvalue weighted by Crippen LogP contribution is -2.24. The van der Waals surface area contributed by atoms with Crippen molar-refractivity contribution >= 4 is 10.8 Å². The molecular formula is C31H31N3O. The first-order valence-corrected chi connectivity index (χ1v) is 12.1. The van der Waals surface area contributed by atoms with Gasteiger partial charge in [-0.05, 0) is 28.0 Å². The molecule has 5 aromatic rings. The second kappa shape index (κ2) is 11.1. The van der Waals surface area contributed by atoms with E-state index in [4.69, 9.17) is 9.72 Å². The third-order valence-electron chi connectivity index (χ3n) is 6.34. The van der Waals surface area contributed by atoms with Crippen LogP contribution in [0.25, 0.3) is 22.2 Å². The minimum atomic E-state index is 0.645. The van der Waals surface area contributed by atoms with Crippen molar-refractivity contribution in [2.45, 2.75) is 26.2 Å². The van der Waals surface area contributed by atoms with E-state index in [2.05, 4.69) is 107 Å². The smallest absolute Gasteiger partial charge is 0.140 e. The maximum absolute atomic E-state index is 5.44. The fraction of sp³-hybridized carbons (Fsp3) is 0.194. The van der Waals surface area contributed by atoms with Crippen molar-refractivity contribution in [1.29, 1.82) is 0 Å². The van der Waals surface area contributed by atoms with E-state index in [0.29, 0.717) is 6.61 Å². The van der Waals surface area contributed by atoms with E-state index in [-0.39, 0.29) is 0 Å². The Morgan fingerprint density at radius 3 is 2.17 bits per heavy atom. The standard InChI is InChI=1S/C31H31N3O/c1-35-19-18-34-30(21-32-31(34)28-13-6-3-7-14-28)24-33(22-25-10-4-2-5-11-25)23-26-16-17-27-12-8-9-15-29(27)20-26/h2-17,20-21H,18-19,22-24H2,1H3. The molecule has 1 heterocycles. The van der Waals surface area contributed by atoms with Gasteiger partial charge in [-0.3, -0.25) is 4.90 Å². The Labute approximate surface area is 207 Å². The largest absolute Gasteiger partial charge is 0.383 e. The lowest BCUT2D eigenvalue weighted by atomic mass is 10.1. The van der Waals surface area contributed by atoms with Gasteiger partial charge in [-0.25, -0.2) is 4.98 Å². The Morgan fingerprint density at radius 2 is 1.40 bits per heavy atom. The Kier molecular flexibility index (Phi) is 7.32. The summed E-state index contributed by atoms with van der Waals surface area (Å²) in [7, 11) is 1.75. The van der Waals surface area contributed by atoms with Crippen LogP contribution in [0.4, 0.5) is 0 Å². The number of methoxy groups -OCH3 is 1. The number of nitrogens with zero attached hydrogens (tertiary/aromatic N) is 3. The van der Waals surface area contributed by atoms with Crippen LogP contribution in [-0.4, -0.2) is 28.2 Å². The molecule has 0 aliphatic heterocycles. The van der Waals surface area contributed by atoms with Gasteiger partial charge in [0.1, 0.15) is 5.82 Å². The van der Waals surface area contributed by atoms with Gasteiger partial charge in [0.05, 0.1) is 18.5 Å². The van der Waals surface area contributed by atoms with Crippen molar-refractivity contribution in [3.05, 3.63) is 126 Å². The minimum Gasteiger partial charge on any atom is -0.383 e. The third kappa shape index (κ3) is 5.68. The van der Waals surface area contributed by atoms with Gasteiger partial charge in [-0.1, -0.05) is 97.1 Å². The number of aromatic nitrogens is 2. The van der Waals surface area contributed by atoms with Gasteiger partial charge >= 0.3 is 0 Å². The first-order valence-electron chi connectivity index (χ1n) is 12.1. The van der Waals surface area contributed by atoms with Crippen LogP contribution in [0.2, 0.25) is 0 Å². The molecule has 0 bridgehead atoms. The molecule has 0 aliphatic rings. The molecule has 0 radical (unpaired) electrons. The predicted molar refractivity (Wildman–Crippen MR) is 143 cm³/mol. The van der Waals surface area contributed by atoms with E-state index in [1.165, 1.54) is 27.6 Å². The first kappa shape index (κ1) is 23.0. The fourth-order valence-electron chi connectivity index (χ4n) is 4.62. The summed E-state index contributed by atoms with van der Waals surface area (Å²) in [4.78, 5) is 7.32. The Morgan fingerprint density at radius 1 is 0.714 bits per heavy atom. The number of imidazole rings is 1. The van der Waals surface area contributed by atoms with Crippen LogP contribution in [-0.2, 0) is 30.9 Å². The van der Waals surface area contributed by atoms with Crippen LogP contribution >= 0.6 is 0 Å². The Bertz CT molecular complexity index is 1360. The number of hydrogen-bond donors (Lipinski definition) is 0. The highest BCUT2D eigenvalue weighted by molar-refractivity contribution is 5.82. The molecule has 0 spiro atoms. The number of ether oxygens (including phenoxy) is 1. The summed E-state index contributed by atoms with van der Waals surface area (Å²) in [6, 6.07) is 36.4. The van der Waals surface area contributed by atoms with Gasteiger partial charge in [-0.15, -0.1) is 0 Å². The maximum atomic E-state index is 5.44. The molecule has 4 heteroatoms. The van der Waals surface area contributed by atoms with Gasteiger partial charge in [0.25, 0.3) is 0 Å². The van der Waals surface area contributed by atoms with E-state index in [0.717, 1.165) is 37.6 Å². The Hall–Kier alpha value is -3.73. The molecule has 176 valence electrons. The normalized spacial score (nSPS) is 11.4. The van der Waals surface area contributed by atoms with Crippen LogP contribution < -0.4 is 0 Å². The molecular weight excluding hydrogens is 430 g/mol. The lowest BCUT2D eigenvalue weighted by Gasteiger charge is -2.24. The quantitative estimate of drug-likeness (QED) is 0.236. The first-order chi connectivity index (χ1) is 17.3. The zero-order valence-corrected chi connectivity index (χ0v) is 20.2. The lowest BCUT2D eigenvalue weighted by molar-refractivity contribution is 0.183. The van der Waals surface area contributed by atoms with Crippen molar-refractivity contribution in [2.24, 2.45) is 0 Å². The average molecular weight is 462 g/mol. The van der Waals surface area contributed by atoms with Gasteiger partial charge in [0.2, 0.25) is 0 Å². The molecule has 0 N–H and O–H groups in total. The van der Waals surface area contributed by atoms with Crippen molar-refractivity contribution in [1.82, 2.24) is 14.5 Å². The third-order valence-corrected chi connectivity index (χ3v) is 6.34. The number of benzene rings is 4. The fourth-order valence-corrected chi connectivity index (χ4v) is 4.62. The second-order valence-corrected chi connectivity index (χ2v) is 8.90. The summed E-state index contributed by atoms with van der Waals surface area (Å²) in [6.07, 6.45) is 2.02. The SMILES string of the molecule is COCCn1c(CN(Cc2ccccc2)Cc2ccc3ccccc3c2)cnc1-c1ccccc1. The molecule has 0 atom stereocenters. The maximum Gasteiger partial charge on any atom is 0.140 e. The molecule has 4 aromatic carbocycles. The predicted octanol–water partition coefficient (Wildman–Crippen LogP) is 6.55. The average Bonchev–Trinajstić information content (AvgIpc) is 3.30. The minimum absolute atomic E-state index is 0.645. The van der Waals surface area contributed by atoms with E-state index < -0.39 is 0 Å². The zero-order chi connectivity index (χ0) is 23.9. The summed E-state index contributed by atoms with van der Waals surface area (Å²) in [5.41, 5.74) is 4.93. The highest BCUT2D eigenvalue weighted by Gasteiger charge is 2.16. The molecule has 0 fully saturated rings. The van der Waals surface area contributed by atoms with E-state index in [1.807, 2.05) is 12.3 Å². The molecule has 5 rings (SSSR count). The van der Waals surface area contributed by atoms with E-state index >= 15 is 0 Å². The van der Waals surface area contributed by atoms with Crippen molar-refractivity contribution < 1.29 is 4.74 Å². The molecule has 0 saturated carbocycles. The topological polar surface area (TPSA) is 30.3 Å². The van der Waals surface area contributed by atoms with Crippen molar-refractivity contribution in [2.75, 3.05) is 13.7 Å². The van der Waals surface area contributed by atoms with Gasteiger partial charge in [0.15, 0.2) is 0 Å². The number of fused-ring (bicyclic) bond motifs is 1. The van der Waals surface area contributed by atoms with Gasteiger partial charge in [-0.2, -0.15) is 0 Å². The molecule has 0 unspecified atom stereocenters. The zero-order valence-electron chi connectivity index (χ0n) is 20.2. The van der Waals surface area contributed by atoms with Crippen LogP contribution in [0.5, 0.6) is 0 Å². The van der Waals surface area contributed by atoms with Crippen molar-refractivity contribution in [3.8, 4) is 11.4 Å². The molecule has 0 aliphatic carbocycles. The molecule has 0 amide bonds. The molecule has 35 heavy (non-hydrogen) atoms. The van der Waals surface area contributed by atoms with Gasteiger partial charge in [0, 0.05) is 38.9 Å². The van der Waals surface area contributed by atoms with Crippen LogP contribution in [0, 0.1) is 0 Å². The summed E-state index contributed by atoms with van der Waals surface area (Å²) in [5, 5.41) is 2.55. The number of rotatable bonds is 10. The highest BCUT2D eigenvalue weighted by Crippen LogP contribution is 2.23. The van der Waals surface area contributed by atoms with Crippen molar-refractivity contribution in [3.63, 3.8) is 0 Å². The van der Waals surface area contributed by atoms with E-state index in [1.54, 1.807) is 7.11 Å². The van der Waals surface area contributed by atoms with Crippen LogP contribution in [0.3, 0.4) is 0 Å². The molecule has 1 aromatic heterocycles. The molecule has 0 saturated heterocycles. The summed E-state index contributed by atoms with van der Waals surface area (Å²) >= 11 is 0.